The van der Waals surface area contributed by atoms with Crippen molar-refractivity contribution in [2.24, 2.45) is 5.92 Å². The van der Waals surface area contributed by atoms with E-state index in [-0.39, 0.29) is 5.56 Å². The van der Waals surface area contributed by atoms with E-state index in [2.05, 4.69) is 46.1 Å². The van der Waals surface area contributed by atoms with Crippen molar-refractivity contribution in [3.8, 4) is 0 Å². The molecule has 3 rings (SSSR count). The number of nitrogens with one attached hydrogen (secondary N) is 1. The zero-order valence-corrected chi connectivity index (χ0v) is 13.5. The molecule has 1 atom stereocenters. The number of nitrogens with zero attached hydrogens (tertiary/aromatic N) is 2. The van der Waals surface area contributed by atoms with Crippen molar-refractivity contribution in [2.45, 2.75) is 19.9 Å². The molecule has 1 saturated heterocycles. The summed E-state index contributed by atoms with van der Waals surface area (Å²) in [5.41, 5.74) is 3.43. The minimum absolute atomic E-state index is 0.0960. The molecule has 0 spiro atoms. The number of benzene rings is 1. The van der Waals surface area contributed by atoms with Crippen LogP contribution >= 0.6 is 0 Å². The maximum absolute atomic E-state index is 11.4. The van der Waals surface area contributed by atoms with Gasteiger partial charge >= 0.3 is 0 Å². The molecule has 0 saturated carbocycles. The SMILES string of the molecule is Cc1ccccc1CN1CCOC[C@@H](Cc2cc(=O)[nH]cn2)C1. The normalized spacial score (nSPS) is 19.4. The Kier molecular flexibility index (Phi) is 5.20. The molecule has 1 N–H and O–H groups in total. The summed E-state index contributed by atoms with van der Waals surface area (Å²) in [4.78, 5) is 20.7. The van der Waals surface area contributed by atoms with E-state index >= 15 is 0 Å². The Morgan fingerprint density at radius 2 is 2.26 bits per heavy atom. The van der Waals surface area contributed by atoms with Crippen molar-refractivity contribution < 1.29 is 4.74 Å². The first-order valence-corrected chi connectivity index (χ1v) is 8.09. The number of aryl methyl sites for hydroxylation is 1. The van der Waals surface area contributed by atoms with Crippen molar-refractivity contribution in [1.82, 2.24) is 14.9 Å². The third-order valence-corrected chi connectivity index (χ3v) is 4.31. The number of hydrogen-bond acceptors (Lipinski definition) is 4. The average Bonchev–Trinajstić information content (AvgIpc) is 2.75. The lowest BCUT2D eigenvalue weighted by Gasteiger charge is -2.24. The summed E-state index contributed by atoms with van der Waals surface area (Å²) in [6.45, 7) is 6.47. The minimum atomic E-state index is -0.0960. The highest BCUT2D eigenvalue weighted by atomic mass is 16.5. The smallest absolute Gasteiger partial charge is 0.250 e. The van der Waals surface area contributed by atoms with Crippen LogP contribution in [0.4, 0.5) is 0 Å². The van der Waals surface area contributed by atoms with Crippen molar-refractivity contribution in [3.63, 3.8) is 0 Å². The second-order valence-corrected chi connectivity index (χ2v) is 6.21. The molecule has 5 nitrogen and oxygen atoms in total. The van der Waals surface area contributed by atoms with Gasteiger partial charge in [0.25, 0.3) is 5.56 Å². The second kappa shape index (κ2) is 7.53. The van der Waals surface area contributed by atoms with Crippen LogP contribution in [-0.2, 0) is 17.7 Å². The number of aromatic amines is 1. The molecular weight excluding hydrogens is 290 g/mol. The van der Waals surface area contributed by atoms with Crippen LogP contribution in [0.25, 0.3) is 0 Å². The predicted molar refractivity (Wildman–Crippen MR) is 89.3 cm³/mol. The van der Waals surface area contributed by atoms with Crippen LogP contribution in [0.1, 0.15) is 16.8 Å². The van der Waals surface area contributed by atoms with E-state index in [4.69, 9.17) is 4.74 Å². The zero-order valence-electron chi connectivity index (χ0n) is 13.5. The van der Waals surface area contributed by atoms with E-state index in [9.17, 15) is 4.79 Å². The zero-order chi connectivity index (χ0) is 16.1. The van der Waals surface area contributed by atoms with Crippen LogP contribution in [-0.4, -0.2) is 41.2 Å². The number of ether oxygens (including phenoxy) is 1. The van der Waals surface area contributed by atoms with E-state index in [1.54, 1.807) is 6.07 Å². The first-order valence-electron chi connectivity index (χ1n) is 8.09. The van der Waals surface area contributed by atoms with Crippen LogP contribution in [0.3, 0.4) is 0 Å². The van der Waals surface area contributed by atoms with Crippen LogP contribution in [0, 0.1) is 12.8 Å². The molecule has 0 unspecified atom stereocenters. The molecule has 2 aromatic rings. The van der Waals surface area contributed by atoms with Crippen molar-refractivity contribution in [3.05, 3.63) is 63.8 Å². The molecular formula is C18H23N3O2. The van der Waals surface area contributed by atoms with Crippen LogP contribution < -0.4 is 5.56 Å². The van der Waals surface area contributed by atoms with Gasteiger partial charge in [0.2, 0.25) is 0 Å². The van der Waals surface area contributed by atoms with Gasteiger partial charge in [0.05, 0.1) is 19.5 Å². The molecule has 1 aromatic carbocycles. The molecule has 5 heteroatoms. The standard InChI is InChI=1S/C18H23N3O2/c1-14-4-2-3-5-16(14)11-21-6-7-23-12-15(10-21)8-17-9-18(22)20-13-19-17/h2-5,9,13,15H,6-8,10-12H2,1H3,(H,19,20,22)/t15-/m0/s1. The third-order valence-electron chi connectivity index (χ3n) is 4.31. The first kappa shape index (κ1) is 15.9. The summed E-state index contributed by atoms with van der Waals surface area (Å²) in [5.74, 6) is 0.357. The van der Waals surface area contributed by atoms with Gasteiger partial charge in [-0.3, -0.25) is 9.69 Å². The maximum atomic E-state index is 11.4. The molecule has 23 heavy (non-hydrogen) atoms. The monoisotopic (exact) mass is 313 g/mol. The van der Waals surface area contributed by atoms with E-state index in [1.807, 2.05) is 0 Å². The number of H-pyrrole nitrogens is 1. The lowest BCUT2D eigenvalue weighted by Crippen LogP contribution is -2.31. The van der Waals surface area contributed by atoms with Gasteiger partial charge in [-0.25, -0.2) is 4.98 Å². The molecule has 0 amide bonds. The lowest BCUT2D eigenvalue weighted by molar-refractivity contribution is 0.121. The van der Waals surface area contributed by atoms with E-state index in [1.165, 1.54) is 17.5 Å². The van der Waals surface area contributed by atoms with Crippen molar-refractivity contribution >= 4 is 0 Å². The quantitative estimate of drug-likeness (QED) is 0.934. The Labute approximate surface area is 136 Å². The molecule has 0 aliphatic carbocycles. The second-order valence-electron chi connectivity index (χ2n) is 6.21. The Hall–Kier alpha value is -1.98. The van der Waals surface area contributed by atoms with Gasteiger partial charge in [0.1, 0.15) is 0 Å². The molecule has 2 heterocycles. The van der Waals surface area contributed by atoms with E-state index in [0.29, 0.717) is 5.92 Å². The summed E-state index contributed by atoms with van der Waals surface area (Å²) in [7, 11) is 0. The fraction of sp³-hybridized carbons (Fsp3) is 0.444. The minimum Gasteiger partial charge on any atom is -0.380 e. The molecule has 0 bridgehead atoms. The summed E-state index contributed by atoms with van der Waals surface area (Å²) < 4.78 is 5.75. The summed E-state index contributed by atoms with van der Waals surface area (Å²) in [6, 6.07) is 10.1. The van der Waals surface area contributed by atoms with Crippen molar-refractivity contribution in [1.29, 1.82) is 0 Å². The highest BCUT2D eigenvalue weighted by molar-refractivity contribution is 5.25. The lowest BCUT2D eigenvalue weighted by atomic mass is 10.0. The molecule has 1 aliphatic rings. The van der Waals surface area contributed by atoms with Gasteiger partial charge in [-0.05, 0) is 24.5 Å². The molecule has 0 radical (unpaired) electrons. The molecule has 1 aliphatic heterocycles. The van der Waals surface area contributed by atoms with Gasteiger partial charge in [-0.2, -0.15) is 0 Å². The van der Waals surface area contributed by atoms with E-state index < -0.39 is 0 Å². The molecule has 1 aromatic heterocycles. The summed E-state index contributed by atoms with van der Waals surface area (Å²) in [5, 5.41) is 0. The highest BCUT2D eigenvalue weighted by Gasteiger charge is 2.20. The van der Waals surface area contributed by atoms with Crippen LogP contribution in [0.2, 0.25) is 0 Å². The van der Waals surface area contributed by atoms with E-state index in [0.717, 1.165) is 45.0 Å². The van der Waals surface area contributed by atoms with Crippen LogP contribution in [0.5, 0.6) is 0 Å². The van der Waals surface area contributed by atoms with Gasteiger partial charge in [0, 0.05) is 37.3 Å². The van der Waals surface area contributed by atoms with Crippen LogP contribution in [0.15, 0.2) is 41.5 Å². The average molecular weight is 313 g/mol. The van der Waals surface area contributed by atoms with Crippen molar-refractivity contribution in [2.75, 3.05) is 26.3 Å². The van der Waals surface area contributed by atoms with Gasteiger partial charge < -0.3 is 9.72 Å². The Morgan fingerprint density at radius 3 is 3.09 bits per heavy atom. The Balaban J connectivity index is 1.66. The highest BCUT2D eigenvalue weighted by Crippen LogP contribution is 2.16. The Bertz CT molecular complexity index is 698. The molecule has 122 valence electrons. The van der Waals surface area contributed by atoms with Gasteiger partial charge in [-0.1, -0.05) is 24.3 Å². The first-order chi connectivity index (χ1) is 11.2. The number of rotatable bonds is 4. The fourth-order valence-corrected chi connectivity index (χ4v) is 3.06. The number of hydrogen-bond donors (Lipinski definition) is 1. The number of aromatic nitrogens is 2. The van der Waals surface area contributed by atoms with Gasteiger partial charge in [-0.15, -0.1) is 0 Å². The Morgan fingerprint density at radius 1 is 1.39 bits per heavy atom. The van der Waals surface area contributed by atoms with Gasteiger partial charge in [0.15, 0.2) is 0 Å². The largest absolute Gasteiger partial charge is 0.380 e. The predicted octanol–water partition coefficient (Wildman–Crippen LogP) is 1.77. The fourth-order valence-electron chi connectivity index (χ4n) is 3.06. The summed E-state index contributed by atoms with van der Waals surface area (Å²) >= 11 is 0. The summed E-state index contributed by atoms with van der Waals surface area (Å²) in [6.07, 6.45) is 2.24. The topological polar surface area (TPSA) is 58.2 Å². The third kappa shape index (κ3) is 4.50. The maximum Gasteiger partial charge on any atom is 0.250 e. The molecule has 1 fully saturated rings.